The summed E-state index contributed by atoms with van der Waals surface area (Å²) in [6.07, 6.45) is 0. The van der Waals surface area contributed by atoms with Crippen LogP contribution in [0.3, 0.4) is 0 Å². The van der Waals surface area contributed by atoms with Crippen molar-refractivity contribution >= 4 is 28.4 Å². The third-order valence-corrected chi connectivity index (χ3v) is 5.40. The molecule has 1 aliphatic heterocycles. The van der Waals surface area contributed by atoms with Gasteiger partial charge in [-0.2, -0.15) is 5.26 Å². The normalized spacial score (nSPS) is 12.1. The van der Waals surface area contributed by atoms with Gasteiger partial charge in [0.1, 0.15) is 23.2 Å². The number of hydrogen-bond acceptors (Lipinski definition) is 6. The molecule has 0 amide bonds. The number of phenolic OH excluding ortho intramolecular Hbond substituents is 1. The largest absolute Gasteiger partial charge is 0.507 e. The van der Waals surface area contributed by atoms with E-state index >= 15 is 0 Å². The molecule has 0 bridgehead atoms. The number of nitrogens with two attached hydrogens (primary N) is 2. The number of phenols is 1. The number of hydrogen-bond donors (Lipinski definition) is 3. The second kappa shape index (κ2) is 5.59. The summed E-state index contributed by atoms with van der Waals surface area (Å²) in [5.41, 5.74) is 16.3. The van der Waals surface area contributed by atoms with E-state index in [0.29, 0.717) is 38.9 Å². The van der Waals surface area contributed by atoms with Gasteiger partial charge in [0, 0.05) is 22.3 Å². The molecule has 2 aromatic heterocycles. The van der Waals surface area contributed by atoms with Crippen molar-refractivity contribution in [3.05, 3.63) is 59.2 Å². The lowest BCUT2D eigenvalue weighted by Gasteiger charge is -2.11. The highest BCUT2D eigenvalue weighted by Gasteiger charge is 2.35. The first-order valence-corrected chi connectivity index (χ1v) is 8.92. The second-order valence-corrected chi connectivity index (χ2v) is 6.98. The summed E-state index contributed by atoms with van der Waals surface area (Å²) >= 11 is 0. The van der Waals surface area contributed by atoms with Gasteiger partial charge in [0.15, 0.2) is 5.65 Å². The van der Waals surface area contributed by atoms with Crippen LogP contribution in [0.25, 0.3) is 33.4 Å². The van der Waals surface area contributed by atoms with Crippen molar-refractivity contribution < 1.29 is 9.90 Å². The summed E-state index contributed by atoms with van der Waals surface area (Å²) in [6.45, 7) is 1.79. The Labute approximate surface area is 165 Å². The van der Waals surface area contributed by atoms with Gasteiger partial charge >= 0.3 is 0 Å². The molecule has 0 unspecified atom stereocenters. The maximum absolute atomic E-state index is 13.2. The molecule has 0 saturated heterocycles. The van der Waals surface area contributed by atoms with Crippen LogP contribution in [-0.2, 0) is 0 Å². The predicted molar refractivity (Wildman–Crippen MR) is 110 cm³/mol. The van der Waals surface area contributed by atoms with Gasteiger partial charge in [0.25, 0.3) is 5.91 Å². The molecule has 0 aliphatic carbocycles. The molecule has 140 valence electrons. The zero-order valence-corrected chi connectivity index (χ0v) is 15.4. The average molecular weight is 381 g/mol. The first-order chi connectivity index (χ1) is 14.0. The molecule has 7 heteroatoms. The lowest BCUT2D eigenvalue weighted by Crippen LogP contribution is -2.09. The number of anilines is 2. The number of nitrogen functional groups attached to an aromatic ring is 2. The summed E-state index contributed by atoms with van der Waals surface area (Å²) in [5.74, 6) is -0.217. The zero-order chi connectivity index (χ0) is 20.4. The fraction of sp³-hybridized carbons (Fsp3) is 0.0455. The maximum atomic E-state index is 13.2. The Morgan fingerprint density at radius 2 is 1.76 bits per heavy atom. The van der Waals surface area contributed by atoms with E-state index in [1.165, 1.54) is 4.57 Å². The number of aromatic hydroxyl groups is 1. The fourth-order valence-electron chi connectivity index (χ4n) is 4.04. The average Bonchev–Trinajstić information content (AvgIpc) is 3.19. The molecule has 5 rings (SSSR count). The summed E-state index contributed by atoms with van der Waals surface area (Å²) in [7, 11) is 0. The minimum atomic E-state index is -0.255. The van der Waals surface area contributed by atoms with E-state index in [1.54, 1.807) is 31.2 Å². The van der Waals surface area contributed by atoms with Gasteiger partial charge in [-0.05, 0) is 18.6 Å². The minimum Gasteiger partial charge on any atom is -0.507 e. The lowest BCUT2D eigenvalue weighted by molar-refractivity contribution is 0.0973. The number of aryl methyl sites for hydroxylation is 1. The van der Waals surface area contributed by atoms with Crippen molar-refractivity contribution in [3.63, 3.8) is 0 Å². The van der Waals surface area contributed by atoms with Gasteiger partial charge in [-0.3, -0.25) is 9.36 Å². The molecule has 0 saturated carbocycles. The number of benzene rings is 2. The fourth-order valence-corrected chi connectivity index (χ4v) is 4.04. The van der Waals surface area contributed by atoms with Gasteiger partial charge < -0.3 is 16.6 Å². The van der Waals surface area contributed by atoms with Crippen LogP contribution < -0.4 is 11.5 Å². The first-order valence-electron chi connectivity index (χ1n) is 8.92. The summed E-state index contributed by atoms with van der Waals surface area (Å²) < 4.78 is 1.46. The number of carbonyl (C=O) groups is 1. The topological polar surface area (TPSA) is 131 Å². The van der Waals surface area contributed by atoms with E-state index in [9.17, 15) is 15.2 Å². The first kappa shape index (κ1) is 16.8. The van der Waals surface area contributed by atoms with Gasteiger partial charge in [-0.25, -0.2) is 4.98 Å². The van der Waals surface area contributed by atoms with E-state index in [-0.39, 0.29) is 34.4 Å². The van der Waals surface area contributed by atoms with Crippen molar-refractivity contribution in [1.82, 2.24) is 9.55 Å². The molecular formula is C22H15N5O2. The molecule has 0 fully saturated rings. The smallest absolute Gasteiger partial charge is 0.264 e. The Bertz CT molecular complexity index is 1430. The van der Waals surface area contributed by atoms with Gasteiger partial charge in [-0.15, -0.1) is 0 Å². The molecule has 5 N–H and O–H groups in total. The Morgan fingerprint density at radius 3 is 2.48 bits per heavy atom. The number of nitriles is 1. The van der Waals surface area contributed by atoms with E-state index in [0.717, 1.165) is 0 Å². The predicted octanol–water partition coefficient (Wildman–Crippen LogP) is 3.42. The highest BCUT2D eigenvalue weighted by atomic mass is 16.3. The standard InChI is InChI=1S/C22H15N5O2/c1-10-5-4-8-13(19(10)28)15-16-17(24)14(9-23)20(25)26-21(16)27-18(15)11-6-2-3-7-12(11)22(27)29/h2-8,28H,1H3,(H4,24,25,26). The Morgan fingerprint density at radius 1 is 1.07 bits per heavy atom. The molecule has 2 aromatic carbocycles. The second-order valence-electron chi connectivity index (χ2n) is 6.98. The van der Waals surface area contributed by atoms with E-state index in [2.05, 4.69) is 4.98 Å². The molecule has 29 heavy (non-hydrogen) atoms. The molecule has 0 spiro atoms. The van der Waals surface area contributed by atoms with Crippen molar-refractivity contribution in [1.29, 1.82) is 5.26 Å². The lowest BCUT2D eigenvalue weighted by atomic mass is 9.94. The SMILES string of the molecule is Cc1cccc(-c2c3n(c4nc(N)c(C#N)c(N)c24)C(=O)c2ccccc2-3)c1O. The van der Waals surface area contributed by atoms with Crippen molar-refractivity contribution in [2.24, 2.45) is 0 Å². The van der Waals surface area contributed by atoms with Crippen molar-refractivity contribution in [2.75, 3.05) is 11.5 Å². The highest BCUT2D eigenvalue weighted by molar-refractivity contribution is 6.22. The van der Waals surface area contributed by atoms with Crippen LogP contribution >= 0.6 is 0 Å². The molecule has 3 heterocycles. The van der Waals surface area contributed by atoms with Crippen LogP contribution in [0.2, 0.25) is 0 Å². The van der Waals surface area contributed by atoms with Crippen LogP contribution in [0, 0.1) is 18.3 Å². The van der Waals surface area contributed by atoms with Gasteiger partial charge in [0.2, 0.25) is 0 Å². The summed E-state index contributed by atoms with van der Waals surface area (Å²) in [6, 6.07) is 14.6. The Hall–Kier alpha value is -4.31. The molecule has 1 aliphatic rings. The third kappa shape index (κ3) is 2.00. The Balaban J connectivity index is 2.07. The maximum Gasteiger partial charge on any atom is 0.264 e. The van der Waals surface area contributed by atoms with Crippen LogP contribution in [0.4, 0.5) is 11.5 Å². The monoisotopic (exact) mass is 381 g/mol. The van der Waals surface area contributed by atoms with Gasteiger partial charge in [0.05, 0.1) is 16.8 Å². The highest BCUT2D eigenvalue weighted by Crippen LogP contribution is 2.50. The number of nitrogens with zero attached hydrogens (tertiary/aromatic N) is 3. The molecule has 0 atom stereocenters. The van der Waals surface area contributed by atoms with Crippen LogP contribution in [0.5, 0.6) is 5.75 Å². The van der Waals surface area contributed by atoms with Crippen LogP contribution in [-0.4, -0.2) is 20.6 Å². The number of pyridine rings is 1. The number of rotatable bonds is 1. The minimum absolute atomic E-state index is 0.0402. The third-order valence-electron chi connectivity index (χ3n) is 5.40. The number of para-hydroxylation sites is 1. The molecule has 4 aromatic rings. The number of fused-ring (bicyclic) bond motifs is 5. The molecule has 0 radical (unpaired) electrons. The molecule has 7 nitrogen and oxygen atoms in total. The molecular weight excluding hydrogens is 366 g/mol. The van der Waals surface area contributed by atoms with E-state index in [1.807, 2.05) is 24.3 Å². The van der Waals surface area contributed by atoms with Crippen molar-refractivity contribution in [2.45, 2.75) is 6.92 Å². The van der Waals surface area contributed by atoms with Crippen LogP contribution in [0.1, 0.15) is 21.5 Å². The van der Waals surface area contributed by atoms with E-state index < -0.39 is 0 Å². The van der Waals surface area contributed by atoms with Gasteiger partial charge in [-0.1, -0.05) is 36.4 Å². The summed E-state index contributed by atoms with van der Waals surface area (Å²) in [4.78, 5) is 17.5. The van der Waals surface area contributed by atoms with Crippen molar-refractivity contribution in [3.8, 4) is 34.2 Å². The number of aromatic nitrogens is 2. The van der Waals surface area contributed by atoms with E-state index in [4.69, 9.17) is 11.5 Å². The summed E-state index contributed by atoms with van der Waals surface area (Å²) in [5, 5.41) is 20.7. The zero-order valence-electron chi connectivity index (χ0n) is 15.4. The number of carbonyl (C=O) groups excluding carboxylic acids is 1. The quantitative estimate of drug-likeness (QED) is 0.408. The Kier molecular flexibility index (Phi) is 3.25. The van der Waals surface area contributed by atoms with Crippen LogP contribution in [0.15, 0.2) is 42.5 Å².